The van der Waals surface area contributed by atoms with Crippen LogP contribution in [0.2, 0.25) is 0 Å². The minimum atomic E-state index is 0.0834. The highest BCUT2D eigenvalue weighted by molar-refractivity contribution is 5.37. The first-order chi connectivity index (χ1) is 8.12. The number of hydrogen-bond acceptors (Lipinski definition) is 3. The molecule has 0 fully saturated rings. The van der Waals surface area contributed by atoms with Crippen LogP contribution >= 0.6 is 0 Å². The third-order valence-corrected chi connectivity index (χ3v) is 2.95. The topological polar surface area (TPSA) is 49.7 Å². The second kappa shape index (κ2) is 6.62. The van der Waals surface area contributed by atoms with Gasteiger partial charge in [0.15, 0.2) is 0 Å². The van der Waals surface area contributed by atoms with Crippen LogP contribution in [0.25, 0.3) is 0 Å². The molecule has 96 valence electrons. The van der Waals surface area contributed by atoms with Crippen molar-refractivity contribution in [2.24, 2.45) is 0 Å². The Balaban J connectivity index is 3.08. The second-order valence-corrected chi connectivity index (χ2v) is 4.44. The Morgan fingerprint density at radius 1 is 1.00 bits per heavy atom. The van der Waals surface area contributed by atoms with Gasteiger partial charge in [-0.3, -0.25) is 0 Å². The molecule has 2 N–H and O–H groups in total. The summed E-state index contributed by atoms with van der Waals surface area (Å²) in [5, 5.41) is 18.4. The molecule has 0 spiro atoms. The molecule has 0 amide bonds. The number of hydrogen-bond donors (Lipinski definition) is 2. The molecule has 0 aromatic heterocycles. The summed E-state index contributed by atoms with van der Waals surface area (Å²) in [5.74, 6) is 0.973. The van der Waals surface area contributed by atoms with Crippen LogP contribution in [0.5, 0.6) is 5.75 Å². The van der Waals surface area contributed by atoms with Gasteiger partial charge in [0.05, 0.1) is 6.61 Å². The zero-order chi connectivity index (χ0) is 12.8. The Morgan fingerprint density at radius 2 is 1.47 bits per heavy atom. The molecule has 2 atom stereocenters. The fourth-order valence-corrected chi connectivity index (χ4v) is 1.68. The van der Waals surface area contributed by atoms with Crippen molar-refractivity contribution in [3.05, 3.63) is 29.3 Å². The predicted octanol–water partition coefficient (Wildman–Crippen LogP) is 2.28. The molecule has 0 aliphatic heterocycles. The summed E-state index contributed by atoms with van der Waals surface area (Å²) in [5.41, 5.74) is 2.10. The standard InChI is InChI=1S/C14H22O3/c1-4-17-14-6-12(10(2)8-15)5-13(7-14)11(3)9-16/h5-7,10-11,15-16H,4,8-9H2,1-3H3. The fourth-order valence-electron chi connectivity index (χ4n) is 1.68. The molecule has 1 aromatic carbocycles. The van der Waals surface area contributed by atoms with Crippen molar-refractivity contribution in [2.75, 3.05) is 19.8 Å². The van der Waals surface area contributed by atoms with E-state index in [9.17, 15) is 10.2 Å². The minimum absolute atomic E-state index is 0.0834. The maximum atomic E-state index is 9.21. The van der Waals surface area contributed by atoms with Crippen LogP contribution in [0.4, 0.5) is 0 Å². The second-order valence-electron chi connectivity index (χ2n) is 4.44. The van der Waals surface area contributed by atoms with E-state index >= 15 is 0 Å². The first-order valence-corrected chi connectivity index (χ1v) is 6.11. The molecule has 0 aliphatic carbocycles. The van der Waals surface area contributed by atoms with E-state index in [0.717, 1.165) is 16.9 Å². The van der Waals surface area contributed by atoms with E-state index in [1.165, 1.54) is 0 Å². The maximum absolute atomic E-state index is 9.21. The summed E-state index contributed by atoms with van der Waals surface area (Å²) >= 11 is 0. The van der Waals surface area contributed by atoms with Crippen LogP contribution in [0, 0.1) is 0 Å². The van der Waals surface area contributed by atoms with Gasteiger partial charge in [0.25, 0.3) is 0 Å². The van der Waals surface area contributed by atoms with E-state index in [2.05, 4.69) is 0 Å². The number of aliphatic hydroxyl groups excluding tert-OH is 2. The predicted molar refractivity (Wildman–Crippen MR) is 68.6 cm³/mol. The highest BCUT2D eigenvalue weighted by Gasteiger charge is 2.11. The minimum Gasteiger partial charge on any atom is -0.494 e. The molecule has 2 unspecified atom stereocenters. The maximum Gasteiger partial charge on any atom is 0.119 e. The molecule has 0 heterocycles. The van der Waals surface area contributed by atoms with Crippen molar-refractivity contribution in [2.45, 2.75) is 32.6 Å². The lowest BCUT2D eigenvalue weighted by Gasteiger charge is -2.16. The zero-order valence-electron chi connectivity index (χ0n) is 10.8. The summed E-state index contributed by atoms with van der Waals surface area (Å²) in [6.07, 6.45) is 0. The smallest absolute Gasteiger partial charge is 0.119 e. The number of benzene rings is 1. The molecular formula is C14H22O3. The Hall–Kier alpha value is -1.06. The van der Waals surface area contributed by atoms with Gasteiger partial charge in [0, 0.05) is 25.0 Å². The SMILES string of the molecule is CCOc1cc(C(C)CO)cc(C(C)CO)c1. The van der Waals surface area contributed by atoms with E-state index in [0.29, 0.717) is 6.61 Å². The van der Waals surface area contributed by atoms with Gasteiger partial charge in [-0.05, 0) is 30.2 Å². The zero-order valence-corrected chi connectivity index (χ0v) is 10.8. The van der Waals surface area contributed by atoms with Crippen molar-refractivity contribution in [3.63, 3.8) is 0 Å². The van der Waals surface area contributed by atoms with E-state index in [1.54, 1.807) is 0 Å². The van der Waals surface area contributed by atoms with E-state index in [-0.39, 0.29) is 25.0 Å². The third kappa shape index (κ3) is 3.72. The van der Waals surface area contributed by atoms with Crippen LogP contribution in [0.3, 0.4) is 0 Å². The summed E-state index contributed by atoms with van der Waals surface area (Å²) in [6, 6.07) is 5.94. The molecule has 1 aromatic rings. The number of aliphatic hydroxyl groups is 2. The van der Waals surface area contributed by atoms with Gasteiger partial charge in [-0.1, -0.05) is 19.9 Å². The monoisotopic (exact) mass is 238 g/mol. The van der Waals surface area contributed by atoms with Crippen LogP contribution in [0.15, 0.2) is 18.2 Å². The number of ether oxygens (including phenoxy) is 1. The van der Waals surface area contributed by atoms with Crippen LogP contribution in [-0.4, -0.2) is 30.0 Å². The Labute approximate surface area is 103 Å². The quantitative estimate of drug-likeness (QED) is 0.799. The van der Waals surface area contributed by atoms with Crippen molar-refractivity contribution in [3.8, 4) is 5.75 Å². The van der Waals surface area contributed by atoms with Crippen molar-refractivity contribution in [1.29, 1.82) is 0 Å². The summed E-state index contributed by atoms with van der Waals surface area (Å²) < 4.78 is 5.51. The molecule has 3 heteroatoms. The molecule has 3 nitrogen and oxygen atoms in total. The molecule has 0 radical (unpaired) electrons. The van der Waals surface area contributed by atoms with Crippen LogP contribution in [-0.2, 0) is 0 Å². The molecule has 0 saturated heterocycles. The van der Waals surface area contributed by atoms with Gasteiger partial charge in [-0.2, -0.15) is 0 Å². The van der Waals surface area contributed by atoms with Gasteiger partial charge in [-0.25, -0.2) is 0 Å². The highest BCUT2D eigenvalue weighted by Crippen LogP contribution is 2.27. The number of rotatable bonds is 6. The first kappa shape index (κ1) is 14.0. The van der Waals surface area contributed by atoms with Gasteiger partial charge in [0.2, 0.25) is 0 Å². The molecule has 0 aliphatic rings. The molecule has 1 rings (SSSR count). The normalized spacial score (nSPS) is 14.4. The first-order valence-electron chi connectivity index (χ1n) is 6.11. The van der Waals surface area contributed by atoms with Gasteiger partial charge in [-0.15, -0.1) is 0 Å². The average molecular weight is 238 g/mol. The van der Waals surface area contributed by atoms with E-state index in [4.69, 9.17) is 4.74 Å². The third-order valence-electron chi connectivity index (χ3n) is 2.95. The van der Waals surface area contributed by atoms with Gasteiger partial charge < -0.3 is 14.9 Å². The van der Waals surface area contributed by atoms with Gasteiger partial charge in [0.1, 0.15) is 5.75 Å². The molecule has 0 saturated carbocycles. The summed E-state index contributed by atoms with van der Waals surface area (Å²) in [4.78, 5) is 0. The Morgan fingerprint density at radius 3 is 1.82 bits per heavy atom. The van der Waals surface area contributed by atoms with Gasteiger partial charge >= 0.3 is 0 Å². The molecule has 17 heavy (non-hydrogen) atoms. The lowest BCUT2D eigenvalue weighted by molar-refractivity contribution is 0.269. The van der Waals surface area contributed by atoms with Crippen molar-refractivity contribution in [1.82, 2.24) is 0 Å². The molecular weight excluding hydrogens is 216 g/mol. The van der Waals surface area contributed by atoms with E-state index in [1.807, 2.05) is 39.0 Å². The lowest BCUT2D eigenvalue weighted by Crippen LogP contribution is -2.05. The average Bonchev–Trinajstić information content (AvgIpc) is 2.36. The van der Waals surface area contributed by atoms with Crippen LogP contribution in [0.1, 0.15) is 43.7 Å². The highest BCUT2D eigenvalue weighted by atomic mass is 16.5. The van der Waals surface area contributed by atoms with Crippen molar-refractivity contribution >= 4 is 0 Å². The summed E-state index contributed by atoms with van der Waals surface area (Å²) in [7, 11) is 0. The molecule has 0 bridgehead atoms. The largest absolute Gasteiger partial charge is 0.494 e. The van der Waals surface area contributed by atoms with Crippen molar-refractivity contribution < 1.29 is 14.9 Å². The Kier molecular flexibility index (Phi) is 5.45. The van der Waals surface area contributed by atoms with Crippen LogP contribution < -0.4 is 4.74 Å². The Bertz CT molecular complexity index is 321. The van der Waals surface area contributed by atoms with E-state index < -0.39 is 0 Å². The lowest BCUT2D eigenvalue weighted by atomic mass is 9.94. The fraction of sp³-hybridized carbons (Fsp3) is 0.571. The summed E-state index contributed by atoms with van der Waals surface area (Å²) in [6.45, 7) is 6.73.